The van der Waals surface area contributed by atoms with Crippen molar-refractivity contribution in [3.8, 4) is 0 Å². The van der Waals surface area contributed by atoms with Crippen molar-refractivity contribution < 1.29 is 4.39 Å². The Morgan fingerprint density at radius 2 is 2.25 bits per heavy atom. The monoisotopic (exact) mass is 285 g/mol. The largest absolute Gasteiger partial charge is 0.314 e. The number of hydrogen-bond donors (Lipinski definition) is 1. The minimum atomic E-state index is -0.0539. The van der Waals surface area contributed by atoms with Gasteiger partial charge in [0.1, 0.15) is 5.82 Å². The van der Waals surface area contributed by atoms with E-state index in [1.54, 1.807) is 0 Å². The first-order valence-electron chi connectivity index (χ1n) is 5.85. The Morgan fingerprint density at radius 1 is 1.44 bits per heavy atom. The van der Waals surface area contributed by atoms with E-state index in [9.17, 15) is 4.39 Å². The first-order chi connectivity index (χ1) is 7.68. The van der Waals surface area contributed by atoms with Crippen molar-refractivity contribution in [1.82, 2.24) is 5.32 Å². The third-order valence-corrected chi connectivity index (χ3v) is 4.14. The Hall–Kier alpha value is -0.410. The third kappa shape index (κ3) is 2.64. The van der Waals surface area contributed by atoms with E-state index in [-0.39, 0.29) is 5.82 Å². The van der Waals surface area contributed by atoms with E-state index >= 15 is 0 Å². The van der Waals surface area contributed by atoms with Gasteiger partial charge in [-0.1, -0.05) is 28.4 Å². The van der Waals surface area contributed by atoms with Gasteiger partial charge in [-0.25, -0.2) is 4.39 Å². The molecule has 1 N–H and O–H groups in total. The second-order valence-corrected chi connectivity index (χ2v) is 5.35. The molecule has 1 saturated heterocycles. The molecule has 0 aromatic heterocycles. The second-order valence-electron chi connectivity index (χ2n) is 4.50. The maximum Gasteiger partial charge on any atom is 0.130 e. The maximum absolute atomic E-state index is 14.0. The van der Waals surface area contributed by atoms with Gasteiger partial charge in [0, 0.05) is 10.5 Å². The summed E-state index contributed by atoms with van der Waals surface area (Å²) in [6.45, 7) is 2.89. The van der Waals surface area contributed by atoms with Crippen molar-refractivity contribution in [2.45, 2.75) is 38.6 Å². The smallest absolute Gasteiger partial charge is 0.130 e. The summed E-state index contributed by atoms with van der Waals surface area (Å²) >= 11 is 3.35. The van der Waals surface area contributed by atoms with Gasteiger partial charge in [-0.2, -0.15) is 0 Å². The third-order valence-electron chi connectivity index (χ3n) is 3.28. The number of nitrogens with one attached hydrogen (secondary N) is 1. The molecule has 1 aromatic carbocycles. The number of piperidine rings is 1. The van der Waals surface area contributed by atoms with Gasteiger partial charge in [-0.15, -0.1) is 0 Å². The molecule has 1 fully saturated rings. The lowest BCUT2D eigenvalue weighted by molar-refractivity contribution is 0.395. The van der Waals surface area contributed by atoms with Crippen molar-refractivity contribution in [3.63, 3.8) is 0 Å². The van der Waals surface area contributed by atoms with Crippen LogP contribution in [-0.2, 0) is 6.42 Å². The molecule has 1 nitrogen and oxygen atoms in total. The zero-order valence-corrected chi connectivity index (χ0v) is 11.1. The molecule has 1 aliphatic heterocycles. The molecule has 1 aliphatic rings. The molecule has 0 radical (unpaired) electrons. The first-order valence-corrected chi connectivity index (χ1v) is 6.64. The molecule has 2 rings (SSSR count). The highest BCUT2D eigenvalue weighted by molar-refractivity contribution is 9.10. The quantitative estimate of drug-likeness (QED) is 0.876. The van der Waals surface area contributed by atoms with Crippen LogP contribution in [0.1, 0.15) is 30.4 Å². The predicted molar refractivity (Wildman–Crippen MR) is 68.2 cm³/mol. The van der Waals surface area contributed by atoms with Crippen LogP contribution in [0.5, 0.6) is 0 Å². The minimum absolute atomic E-state index is 0.0539. The molecule has 0 aliphatic carbocycles. The average molecular weight is 286 g/mol. The van der Waals surface area contributed by atoms with Gasteiger partial charge in [-0.05, 0) is 49.9 Å². The van der Waals surface area contributed by atoms with Gasteiger partial charge in [0.25, 0.3) is 0 Å². The number of halogens is 2. The zero-order chi connectivity index (χ0) is 11.5. The van der Waals surface area contributed by atoms with E-state index in [0.717, 1.165) is 29.4 Å². The highest BCUT2D eigenvalue weighted by Crippen LogP contribution is 2.23. The Bertz CT molecular complexity index is 372. The molecular weight excluding hydrogens is 269 g/mol. The predicted octanol–water partition coefficient (Wildman–Crippen LogP) is 3.58. The van der Waals surface area contributed by atoms with Crippen LogP contribution in [0.2, 0.25) is 0 Å². The Balaban J connectivity index is 2.11. The number of hydrogen-bond acceptors (Lipinski definition) is 1. The van der Waals surface area contributed by atoms with Gasteiger partial charge in [0.05, 0.1) is 0 Å². The molecule has 88 valence electrons. The molecule has 1 atom stereocenters. The summed E-state index contributed by atoms with van der Waals surface area (Å²) in [5, 5.41) is 3.45. The molecule has 0 amide bonds. The Kier molecular flexibility index (Phi) is 3.98. The van der Waals surface area contributed by atoms with E-state index in [1.165, 1.54) is 12.8 Å². The fraction of sp³-hybridized carbons (Fsp3) is 0.538. The van der Waals surface area contributed by atoms with Crippen molar-refractivity contribution >= 4 is 15.9 Å². The summed E-state index contributed by atoms with van der Waals surface area (Å²) in [5.74, 6) is -0.0539. The normalized spacial score (nSPS) is 21.1. The summed E-state index contributed by atoms with van der Waals surface area (Å²) in [6.07, 6.45) is 4.47. The maximum atomic E-state index is 14.0. The van der Waals surface area contributed by atoms with Gasteiger partial charge >= 0.3 is 0 Å². The minimum Gasteiger partial charge on any atom is -0.314 e. The van der Waals surface area contributed by atoms with Gasteiger partial charge < -0.3 is 5.32 Å². The molecule has 0 spiro atoms. The molecule has 1 unspecified atom stereocenters. The first kappa shape index (κ1) is 12.1. The van der Waals surface area contributed by atoms with Crippen molar-refractivity contribution in [1.29, 1.82) is 0 Å². The topological polar surface area (TPSA) is 12.0 Å². The molecule has 16 heavy (non-hydrogen) atoms. The van der Waals surface area contributed by atoms with Crippen molar-refractivity contribution in [2.75, 3.05) is 6.54 Å². The highest BCUT2D eigenvalue weighted by atomic mass is 79.9. The van der Waals surface area contributed by atoms with Crippen LogP contribution in [0.4, 0.5) is 4.39 Å². The fourth-order valence-corrected chi connectivity index (χ4v) is 2.55. The van der Waals surface area contributed by atoms with Gasteiger partial charge in [0.15, 0.2) is 0 Å². The fourth-order valence-electron chi connectivity index (χ4n) is 2.24. The Morgan fingerprint density at radius 3 is 2.94 bits per heavy atom. The summed E-state index contributed by atoms with van der Waals surface area (Å²) in [6, 6.07) is 4.28. The lowest BCUT2D eigenvalue weighted by Crippen LogP contribution is -2.35. The summed E-state index contributed by atoms with van der Waals surface area (Å²) in [7, 11) is 0. The molecule has 1 aromatic rings. The summed E-state index contributed by atoms with van der Waals surface area (Å²) < 4.78 is 14.8. The zero-order valence-electron chi connectivity index (χ0n) is 9.52. The highest BCUT2D eigenvalue weighted by Gasteiger charge is 2.16. The van der Waals surface area contributed by atoms with Crippen LogP contribution < -0.4 is 5.32 Å². The van der Waals surface area contributed by atoms with E-state index < -0.39 is 0 Å². The standard InChI is InChI=1S/C13H17BrFN/c1-9-12(14)6-5-10(13(9)15)8-11-4-2-3-7-16-11/h5-6,11,16H,2-4,7-8H2,1H3. The van der Waals surface area contributed by atoms with Crippen LogP contribution >= 0.6 is 15.9 Å². The second kappa shape index (κ2) is 5.28. The van der Waals surface area contributed by atoms with Crippen LogP contribution in [-0.4, -0.2) is 12.6 Å². The van der Waals surface area contributed by atoms with Crippen molar-refractivity contribution in [2.24, 2.45) is 0 Å². The molecule has 0 saturated carbocycles. The summed E-state index contributed by atoms with van der Waals surface area (Å²) in [4.78, 5) is 0. The van der Waals surface area contributed by atoms with Gasteiger partial charge in [0.2, 0.25) is 0 Å². The van der Waals surface area contributed by atoms with Crippen LogP contribution in [0.3, 0.4) is 0 Å². The van der Waals surface area contributed by atoms with E-state index in [2.05, 4.69) is 21.2 Å². The van der Waals surface area contributed by atoms with E-state index in [4.69, 9.17) is 0 Å². The van der Waals surface area contributed by atoms with Gasteiger partial charge in [-0.3, -0.25) is 0 Å². The van der Waals surface area contributed by atoms with Crippen molar-refractivity contribution in [3.05, 3.63) is 33.5 Å². The van der Waals surface area contributed by atoms with Crippen LogP contribution in [0.15, 0.2) is 16.6 Å². The summed E-state index contributed by atoms with van der Waals surface area (Å²) in [5.41, 5.74) is 1.55. The molecule has 1 heterocycles. The lowest BCUT2D eigenvalue weighted by Gasteiger charge is -2.23. The lowest BCUT2D eigenvalue weighted by atomic mass is 9.96. The van der Waals surface area contributed by atoms with Crippen LogP contribution in [0.25, 0.3) is 0 Å². The molecule has 0 bridgehead atoms. The Labute approximate surface area is 105 Å². The number of benzene rings is 1. The SMILES string of the molecule is Cc1c(Br)ccc(CC2CCCCN2)c1F. The van der Waals surface area contributed by atoms with E-state index in [0.29, 0.717) is 11.6 Å². The van der Waals surface area contributed by atoms with E-state index in [1.807, 2.05) is 19.1 Å². The number of rotatable bonds is 2. The molecular formula is C13H17BrFN. The van der Waals surface area contributed by atoms with Crippen LogP contribution in [0, 0.1) is 12.7 Å². The molecule has 3 heteroatoms. The average Bonchev–Trinajstić information content (AvgIpc) is 2.31.